The summed E-state index contributed by atoms with van der Waals surface area (Å²) in [7, 11) is -0.994. The van der Waals surface area contributed by atoms with Gasteiger partial charge in [-0.05, 0) is 37.4 Å². The molecule has 0 aromatic heterocycles. The molecular weight excluding hydrogens is 156 g/mol. The van der Waals surface area contributed by atoms with Crippen LogP contribution in [0.3, 0.4) is 0 Å². The third-order valence-electron chi connectivity index (χ3n) is 1.21. The molecule has 0 fully saturated rings. The summed E-state index contributed by atoms with van der Waals surface area (Å²) in [4.78, 5) is 0. The molecule has 0 bridgehead atoms. The van der Waals surface area contributed by atoms with E-state index in [0.29, 0.717) is 0 Å². The van der Waals surface area contributed by atoms with Crippen molar-refractivity contribution in [3.05, 3.63) is 24.3 Å². The molecular formula is C8H12O2Si. The average molecular weight is 168 g/mol. The largest absolute Gasteiger partial charge is 0.547 e. The second-order valence-electron chi connectivity index (χ2n) is 2.66. The van der Waals surface area contributed by atoms with Crippen molar-refractivity contribution < 1.29 is 9.53 Å². The highest BCUT2D eigenvalue weighted by Crippen LogP contribution is 2.16. The Morgan fingerprint density at radius 3 is 2.18 bits per heavy atom. The molecule has 0 aliphatic rings. The molecule has 1 aromatic carbocycles. The quantitative estimate of drug-likeness (QED) is 0.682. The van der Waals surface area contributed by atoms with Gasteiger partial charge >= 0.3 is 0 Å². The summed E-state index contributed by atoms with van der Waals surface area (Å²) in [5.74, 6) is 1.13. The number of benzene rings is 1. The van der Waals surface area contributed by atoms with Crippen LogP contribution >= 0.6 is 0 Å². The van der Waals surface area contributed by atoms with Crippen molar-refractivity contribution in [1.29, 1.82) is 0 Å². The minimum atomic E-state index is -0.994. The lowest BCUT2D eigenvalue weighted by molar-refractivity contribution is 0.473. The summed E-state index contributed by atoms with van der Waals surface area (Å²) >= 11 is 0. The predicted molar refractivity (Wildman–Crippen MR) is 47.6 cm³/mol. The van der Waals surface area contributed by atoms with Gasteiger partial charge in [0.2, 0.25) is 9.04 Å². The summed E-state index contributed by atoms with van der Waals surface area (Å²) in [5.41, 5.74) is 0. The van der Waals surface area contributed by atoms with Gasteiger partial charge in [-0.25, -0.2) is 0 Å². The Morgan fingerprint density at radius 2 is 1.73 bits per heavy atom. The zero-order chi connectivity index (χ0) is 8.27. The number of rotatable bonds is 2. The van der Waals surface area contributed by atoms with Gasteiger partial charge in [0, 0.05) is 0 Å². The lowest BCUT2D eigenvalue weighted by Crippen LogP contribution is -2.10. The highest BCUT2D eigenvalue weighted by atomic mass is 28.3. The smallest absolute Gasteiger partial charge is 0.229 e. The summed E-state index contributed by atoms with van der Waals surface area (Å²) < 4.78 is 5.50. The van der Waals surface area contributed by atoms with E-state index in [9.17, 15) is 0 Å². The van der Waals surface area contributed by atoms with Crippen LogP contribution in [0.5, 0.6) is 11.5 Å². The van der Waals surface area contributed by atoms with Gasteiger partial charge in [0.25, 0.3) is 0 Å². The van der Waals surface area contributed by atoms with Crippen LogP contribution in [0, 0.1) is 0 Å². The van der Waals surface area contributed by atoms with Crippen LogP contribution < -0.4 is 4.43 Å². The van der Waals surface area contributed by atoms with Gasteiger partial charge < -0.3 is 9.53 Å². The Hall–Kier alpha value is -0.963. The van der Waals surface area contributed by atoms with E-state index in [0.717, 1.165) is 5.75 Å². The Bertz CT molecular complexity index is 218. The fourth-order valence-electron chi connectivity index (χ4n) is 0.797. The van der Waals surface area contributed by atoms with Crippen LogP contribution in [-0.2, 0) is 0 Å². The summed E-state index contributed by atoms with van der Waals surface area (Å²) in [6, 6.07) is 6.82. The van der Waals surface area contributed by atoms with E-state index in [1.54, 1.807) is 24.3 Å². The van der Waals surface area contributed by atoms with E-state index in [1.165, 1.54) is 0 Å². The molecule has 0 amide bonds. The first kappa shape index (κ1) is 8.14. The molecule has 0 atom stereocenters. The summed E-state index contributed by atoms with van der Waals surface area (Å²) in [5, 5.41) is 8.95. The van der Waals surface area contributed by atoms with Crippen LogP contribution in [0.15, 0.2) is 24.3 Å². The lowest BCUT2D eigenvalue weighted by atomic mass is 10.3. The second kappa shape index (κ2) is 3.43. The van der Waals surface area contributed by atoms with Crippen LogP contribution in [0.4, 0.5) is 0 Å². The SMILES string of the molecule is C[SiH](C)Oc1ccc(O)cc1. The van der Waals surface area contributed by atoms with Crippen molar-refractivity contribution in [3.8, 4) is 11.5 Å². The number of hydrogen-bond acceptors (Lipinski definition) is 2. The maximum atomic E-state index is 8.95. The van der Waals surface area contributed by atoms with E-state index in [-0.39, 0.29) is 5.75 Å². The molecule has 0 aliphatic carbocycles. The molecule has 11 heavy (non-hydrogen) atoms. The van der Waals surface area contributed by atoms with Gasteiger partial charge in [-0.15, -0.1) is 0 Å². The molecule has 1 rings (SSSR count). The van der Waals surface area contributed by atoms with Crippen molar-refractivity contribution in [3.63, 3.8) is 0 Å². The van der Waals surface area contributed by atoms with Gasteiger partial charge in [0.05, 0.1) is 0 Å². The van der Waals surface area contributed by atoms with Crippen molar-refractivity contribution in [2.75, 3.05) is 0 Å². The number of phenolic OH excluding ortho intramolecular Hbond substituents is 1. The zero-order valence-electron chi connectivity index (χ0n) is 6.74. The first-order valence-corrected chi connectivity index (χ1v) is 6.42. The molecule has 0 saturated carbocycles. The van der Waals surface area contributed by atoms with Crippen molar-refractivity contribution in [2.45, 2.75) is 13.1 Å². The van der Waals surface area contributed by atoms with Crippen molar-refractivity contribution in [1.82, 2.24) is 0 Å². The summed E-state index contributed by atoms with van der Waals surface area (Å²) in [6.07, 6.45) is 0. The van der Waals surface area contributed by atoms with E-state index in [4.69, 9.17) is 9.53 Å². The standard InChI is InChI=1S/C8H12O2Si/c1-11(2)10-8-5-3-7(9)4-6-8/h3-6,9,11H,1-2H3. The van der Waals surface area contributed by atoms with Gasteiger partial charge in [-0.3, -0.25) is 0 Å². The fraction of sp³-hybridized carbons (Fsp3) is 0.250. The zero-order valence-corrected chi connectivity index (χ0v) is 7.90. The van der Waals surface area contributed by atoms with Crippen molar-refractivity contribution in [2.24, 2.45) is 0 Å². The molecule has 60 valence electrons. The first-order chi connectivity index (χ1) is 5.18. The first-order valence-electron chi connectivity index (χ1n) is 3.64. The minimum Gasteiger partial charge on any atom is -0.547 e. The number of hydrogen-bond donors (Lipinski definition) is 1. The summed E-state index contributed by atoms with van der Waals surface area (Å²) in [6.45, 7) is 4.21. The van der Waals surface area contributed by atoms with Gasteiger partial charge in [0.15, 0.2) is 0 Å². The average Bonchev–Trinajstić information content (AvgIpc) is 1.93. The highest BCUT2D eigenvalue weighted by Gasteiger charge is 1.97. The molecule has 1 aromatic rings. The molecule has 0 spiro atoms. The Labute approximate surface area is 68.2 Å². The monoisotopic (exact) mass is 168 g/mol. The van der Waals surface area contributed by atoms with Crippen LogP contribution in [0.1, 0.15) is 0 Å². The van der Waals surface area contributed by atoms with Crippen LogP contribution in [0.2, 0.25) is 13.1 Å². The molecule has 3 heteroatoms. The van der Waals surface area contributed by atoms with E-state index >= 15 is 0 Å². The highest BCUT2D eigenvalue weighted by molar-refractivity contribution is 6.49. The second-order valence-corrected chi connectivity index (χ2v) is 4.99. The third-order valence-corrected chi connectivity index (χ3v) is 1.95. The molecule has 0 aliphatic heterocycles. The molecule has 0 radical (unpaired) electrons. The number of aromatic hydroxyl groups is 1. The number of phenols is 1. The molecule has 0 unspecified atom stereocenters. The van der Waals surface area contributed by atoms with E-state index < -0.39 is 9.04 Å². The van der Waals surface area contributed by atoms with Gasteiger partial charge in [-0.2, -0.15) is 0 Å². The molecule has 1 N–H and O–H groups in total. The normalized spacial score (nSPS) is 10.1. The predicted octanol–water partition coefficient (Wildman–Crippen LogP) is 1.75. The minimum absolute atomic E-state index is 0.280. The van der Waals surface area contributed by atoms with Crippen LogP contribution in [-0.4, -0.2) is 14.1 Å². The van der Waals surface area contributed by atoms with Gasteiger partial charge in [0.1, 0.15) is 11.5 Å². The van der Waals surface area contributed by atoms with Crippen molar-refractivity contribution >= 4 is 9.04 Å². The van der Waals surface area contributed by atoms with Gasteiger partial charge in [-0.1, -0.05) is 0 Å². The fourth-order valence-corrected chi connectivity index (χ4v) is 1.50. The molecule has 0 heterocycles. The maximum absolute atomic E-state index is 8.95. The van der Waals surface area contributed by atoms with E-state index in [2.05, 4.69) is 13.1 Å². The third kappa shape index (κ3) is 2.63. The lowest BCUT2D eigenvalue weighted by Gasteiger charge is -2.07. The Kier molecular flexibility index (Phi) is 2.54. The van der Waals surface area contributed by atoms with Crippen LogP contribution in [0.25, 0.3) is 0 Å². The molecule has 2 nitrogen and oxygen atoms in total. The Morgan fingerprint density at radius 1 is 1.18 bits per heavy atom. The molecule has 0 saturated heterocycles. The topological polar surface area (TPSA) is 29.5 Å². The van der Waals surface area contributed by atoms with E-state index in [1.807, 2.05) is 0 Å². The maximum Gasteiger partial charge on any atom is 0.229 e. The Balaban J connectivity index is 2.66.